The molecule has 1 saturated heterocycles. The number of hydrogen-bond acceptors (Lipinski definition) is 11. The first-order chi connectivity index (χ1) is 19.6. The van der Waals surface area contributed by atoms with Crippen molar-refractivity contribution in [2.45, 2.75) is 49.8 Å². The van der Waals surface area contributed by atoms with Gasteiger partial charge in [-0.1, -0.05) is 49.4 Å². The van der Waals surface area contributed by atoms with Crippen LogP contribution in [0.5, 0.6) is 0 Å². The van der Waals surface area contributed by atoms with E-state index < -0.39 is 26.1 Å². The molecule has 4 atom stereocenters. The number of amides is 1. The molecule has 1 fully saturated rings. The third kappa shape index (κ3) is 12.5. The van der Waals surface area contributed by atoms with Gasteiger partial charge in [-0.25, -0.2) is 13.7 Å². The summed E-state index contributed by atoms with van der Waals surface area (Å²) in [4.78, 5) is 35.0. The first-order valence-electron chi connectivity index (χ1n) is 13.5. The molecule has 1 unspecified atom stereocenters. The lowest BCUT2D eigenvalue weighted by atomic mass is 10.0. The molecule has 0 saturated carbocycles. The number of benzene rings is 2. The number of carbonyl (C=O) groups is 1. The van der Waals surface area contributed by atoms with Crippen LogP contribution in [0.1, 0.15) is 25.8 Å². The van der Waals surface area contributed by atoms with Gasteiger partial charge in [0, 0.05) is 30.1 Å². The lowest BCUT2D eigenvalue weighted by molar-refractivity contribution is 0.0543. The van der Waals surface area contributed by atoms with Gasteiger partial charge < -0.3 is 25.4 Å². The van der Waals surface area contributed by atoms with E-state index in [1.807, 2.05) is 46.8 Å². The molecule has 0 aromatic heterocycles. The highest BCUT2D eigenvalue weighted by molar-refractivity contribution is 7.97. The number of nitrogens with zero attached hydrogens (tertiary/aromatic N) is 2. The Hall–Kier alpha value is -2.51. The average molecular weight is 611 g/mol. The van der Waals surface area contributed by atoms with Gasteiger partial charge in [0.15, 0.2) is 0 Å². The van der Waals surface area contributed by atoms with Gasteiger partial charge in [0.2, 0.25) is 0 Å². The fraction of sp³-hybridized carbons (Fsp3) is 0.519. The molecule has 4 N–H and O–H groups in total. The van der Waals surface area contributed by atoms with Gasteiger partial charge in [0.05, 0.1) is 25.9 Å². The van der Waals surface area contributed by atoms with Crippen LogP contribution in [0.25, 0.3) is 0 Å². The summed E-state index contributed by atoms with van der Waals surface area (Å²) in [7, 11) is -4.65. The lowest BCUT2D eigenvalue weighted by Crippen LogP contribution is -2.50. The molecule has 14 heteroatoms. The molecular weight excluding hydrogens is 571 g/mol. The number of nitroso groups, excluding NO2 is 1. The number of rotatable bonds is 17. The Bertz CT molecular complexity index is 1120. The summed E-state index contributed by atoms with van der Waals surface area (Å²) in [5.74, 6) is 0.237. The maximum absolute atomic E-state index is 13.0. The summed E-state index contributed by atoms with van der Waals surface area (Å²) < 4.78 is 36.6. The molecule has 41 heavy (non-hydrogen) atoms. The third-order valence-corrected chi connectivity index (χ3v) is 8.07. The average Bonchev–Trinajstić information content (AvgIpc) is 3.42. The van der Waals surface area contributed by atoms with Crippen LogP contribution in [0, 0.1) is 10.8 Å². The van der Waals surface area contributed by atoms with Crippen LogP contribution in [0.3, 0.4) is 0 Å². The van der Waals surface area contributed by atoms with Crippen LogP contribution in [0.4, 0.5) is 10.5 Å². The van der Waals surface area contributed by atoms with Gasteiger partial charge in [-0.2, -0.15) is 4.91 Å². The van der Waals surface area contributed by atoms with Gasteiger partial charge in [0.25, 0.3) is 0 Å². The highest BCUT2D eigenvalue weighted by Gasteiger charge is 2.35. The first-order valence-corrected chi connectivity index (χ1v) is 15.7. The molecule has 12 nitrogen and oxygen atoms in total. The molecular formula is C27H39N4O8PS. The predicted molar refractivity (Wildman–Crippen MR) is 157 cm³/mol. The van der Waals surface area contributed by atoms with Gasteiger partial charge in [0.1, 0.15) is 18.8 Å². The number of phosphoric ester groups is 1. The Morgan fingerprint density at radius 1 is 1.22 bits per heavy atom. The molecule has 1 amide bonds. The Kier molecular flexibility index (Phi) is 13.5. The molecule has 0 spiro atoms. The SMILES string of the molecule is CC(C)CN(C[C@@H](OP(=O)(O)OCCN=O)[C@H](Cc1ccccc1)NC(=O)O[C@H]1CCOC1)Sc1ccc(N)cc1. The van der Waals surface area contributed by atoms with Crippen molar-refractivity contribution in [2.24, 2.45) is 11.1 Å². The summed E-state index contributed by atoms with van der Waals surface area (Å²) in [6, 6.07) is 16.0. The van der Waals surface area contributed by atoms with Crippen molar-refractivity contribution in [3.63, 3.8) is 0 Å². The maximum atomic E-state index is 13.0. The summed E-state index contributed by atoms with van der Waals surface area (Å²) in [5.41, 5.74) is 7.36. The van der Waals surface area contributed by atoms with Crippen molar-refractivity contribution in [1.29, 1.82) is 0 Å². The second-order valence-electron chi connectivity index (χ2n) is 10.0. The number of carbonyl (C=O) groups excluding carboxylic acids is 1. The number of anilines is 1. The fourth-order valence-electron chi connectivity index (χ4n) is 4.15. The first kappa shape index (κ1) is 33.0. The van der Waals surface area contributed by atoms with Crippen molar-refractivity contribution in [2.75, 3.05) is 45.2 Å². The Morgan fingerprint density at radius 3 is 2.59 bits per heavy atom. The van der Waals surface area contributed by atoms with Gasteiger partial charge in [-0.05, 0) is 54.1 Å². The lowest BCUT2D eigenvalue weighted by Gasteiger charge is -2.33. The zero-order chi connectivity index (χ0) is 29.7. The van der Waals surface area contributed by atoms with Crippen molar-refractivity contribution in [3.05, 3.63) is 65.1 Å². The highest BCUT2D eigenvalue weighted by Crippen LogP contribution is 2.45. The predicted octanol–water partition coefficient (Wildman–Crippen LogP) is 4.63. The van der Waals surface area contributed by atoms with Crippen LogP contribution >= 0.6 is 19.8 Å². The highest BCUT2D eigenvalue weighted by atomic mass is 32.2. The van der Waals surface area contributed by atoms with Gasteiger partial charge in [-0.15, -0.1) is 0 Å². The van der Waals surface area contributed by atoms with Crippen LogP contribution in [0.15, 0.2) is 64.7 Å². The monoisotopic (exact) mass is 610 g/mol. The van der Waals surface area contributed by atoms with Crippen molar-refractivity contribution in [3.8, 4) is 0 Å². The Labute approximate surface area is 245 Å². The molecule has 1 aliphatic heterocycles. The fourth-order valence-corrected chi connectivity index (χ4v) is 6.23. The van der Waals surface area contributed by atoms with Crippen LogP contribution < -0.4 is 11.1 Å². The summed E-state index contributed by atoms with van der Waals surface area (Å²) in [6.07, 6.45) is -1.23. The molecule has 0 bridgehead atoms. The largest absolute Gasteiger partial charge is 0.472 e. The number of hydrogen-bond donors (Lipinski definition) is 3. The van der Waals surface area contributed by atoms with Crippen molar-refractivity contribution < 1.29 is 32.8 Å². The summed E-state index contributed by atoms with van der Waals surface area (Å²) in [6.45, 7) is 4.96. The van der Waals surface area contributed by atoms with Crippen LogP contribution in [0.2, 0.25) is 0 Å². The van der Waals surface area contributed by atoms with E-state index in [-0.39, 0.29) is 38.1 Å². The number of ether oxygens (including phenoxy) is 2. The molecule has 0 radical (unpaired) electrons. The molecule has 2 aromatic carbocycles. The number of nitrogens with one attached hydrogen (secondary N) is 1. The zero-order valence-electron chi connectivity index (χ0n) is 23.3. The second-order valence-corrected chi connectivity index (χ2v) is 12.6. The smallest absolute Gasteiger partial charge is 0.444 e. The zero-order valence-corrected chi connectivity index (χ0v) is 25.0. The summed E-state index contributed by atoms with van der Waals surface area (Å²) in [5, 5.41) is 5.53. The van der Waals surface area contributed by atoms with Gasteiger partial charge >= 0.3 is 13.9 Å². The van der Waals surface area contributed by atoms with Crippen LogP contribution in [-0.4, -0.2) is 73.0 Å². The topological polar surface area (TPSA) is 162 Å². The minimum Gasteiger partial charge on any atom is -0.444 e. The van der Waals surface area contributed by atoms with Gasteiger partial charge in [-0.3, -0.25) is 9.05 Å². The summed E-state index contributed by atoms with van der Waals surface area (Å²) >= 11 is 1.44. The van der Waals surface area contributed by atoms with E-state index >= 15 is 0 Å². The van der Waals surface area contributed by atoms with E-state index in [1.54, 1.807) is 12.1 Å². The molecule has 226 valence electrons. The molecule has 1 aliphatic rings. The van der Waals surface area contributed by atoms with E-state index in [9.17, 15) is 19.2 Å². The molecule has 2 aromatic rings. The minimum absolute atomic E-state index is 0.136. The molecule has 0 aliphatic carbocycles. The number of alkyl carbamates (subject to hydrolysis) is 1. The normalized spacial score (nSPS) is 18.1. The van der Waals surface area contributed by atoms with E-state index in [4.69, 9.17) is 24.3 Å². The maximum Gasteiger partial charge on any atom is 0.472 e. The van der Waals surface area contributed by atoms with E-state index in [2.05, 4.69) is 24.3 Å². The van der Waals surface area contributed by atoms with Crippen LogP contribution in [-0.2, 0) is 29.5 Å². The van der Waals surface area contributed by atoms with E-state index in [0.717, 1.165) is 10.5 Å². The number of phosphoric acid groups is 1. The van der Waals surface area contributed by atoms with E-state index in [0.29, 0.717) is 31.9 Å². The van der Waals surface area contributed by atoms with Crippen molar-refractivity contribution in [1.82, 2.24) is 9.62 Å². The van der Waals surface area contributed by atoms with Crippen molar-refractivity contribution >= 4 is 31.6 Å². The third-order valence-electron chi connectivity index (χ3n) is 5.98. The number of nitrogen functional groups attached to an aromatic ring is 1. The molecule has 1 heterocycles. The Morgan fingerprint density at radius 2 is 1.95 bits per heavy atom. The Balaban J connectivity index is 1.90. The second kappa shape index (κ2) is 16.8. The quantitative estimate of drug-likeness (QED) is 0.0753. The van der Waals surface area contributed by atoms with E-state index in [1.165, 1.54) is 11.9 Å². The number of nitrogens with two attached hydrogens (primary N) is 1. The molecule has 3 rings (SSSR count). The minimum atomic E-state index is -4.65. The standard InChI is InChI=1S/C27H39N4O8PS/c1-20(2)17-31(41-24-10-8-22(28)9-11-24)18-26(39-40(34,35)37-15-13-29-33)25(16-21-6-4-3-5-7-21)30-27(32)38-23-12-14-36-19-23/h3-11,20,23,25-26H,12-19,28H2,1-2H3,(H,30,32)(H,34,35)/t23-,25-,26+/m0/s1.